The van der Waals surface area contributed by atoms with Crippen LogP contribution >= 0.6 is 22.7 Å². The van der Waals surface area contributed by atoms with Crippen LogP contribution in [0.3, 0.4) is 0 Å². The molecule has 0 radical (unpaired) electrons. The van der Waals surface area contributed by atoms with Crippen molar-refractivity contribution in [3.63, 3.8) is 0 Å². The lowest BCUT2D eigenvalue weighted by atomic mass is 10.0. The Balaban J connectivity index is 1.91. The number of thiophene rings is 1. The molecule has 33 heavy (non-hydrogen) atoms. The number of rotatable bonds is 6. The van der Waals surface area contributed by atoms with Crippen molar-refractivity contribution in [2.24, 2.45) is 4.99 Å². The van der Waals surface area contributed by atoms with Crippen molar-refractivity contribution in [1.82, 2.24) is 4.57 Å². The lowest BCUT2D eigenvalue weighted by Gasteiger charge is -2.24. The van der Waals surface area contributed by atoms with E-state index in [1.54, 1.807) is 51.7 Å². The number of carbonyl (C=O) groups is 1. The number of carbonyl (C=O) groups excluding carboxylic acids is 1. The smallest absolute Gasteiger partial charge is 0.338 e. The summed E-state index contributed by atoms with van der Waals surface area (Å²) in [5.74, 6) is 0.787. The Labute approximate surface area is 198 Å². The standard InChI is InChI=1S/C24H24N2O5S2/c1-13(2)31-23(28)20-14(3)25-24-26(21(20)18-7-6-10-32-18)22(27)19(33-24)11-15-8-9-16(29-4)12-17(15)30-5/h6-13,21H,1-5H3/b19-11-/t21-/m0/s1. The molecule has 172 valence electrons. The van der Waals surface area contributed by atoms with E-state index in [-0.39, 0.29) is 11.7 Å². The largest absolute Gasteiger partial charge is 0.497 e. The van der Waals surface area contributed by atoms with Gasteiger partial charge >= 0.3 is 5.97 Å². The van der Waals surface area contributed by atoms with Gasteiger partial charge in [0.05, 0.1) is 36.1 Å². The summed E-state index contributed by atoms with van der Waals surface area (Å²) in [5.41, 5.74) is 1.45. The fraction of sp³-hybridized carbons (Fsp3) is 0.292. The van der Waals surface area contributed by atoms with Crippen LogP contribution in [-0.4, -0.2) is 30.9 Å². The van der Waals surface area contributed by atoms with E-state index >= 15 is 0 Å². The summed E-state index contributed by atoms with van der Waals surface area (Å²) in [6.07, 6.45) is 1.49. The maximum Gasteiger partial charge on any atom is 0.338 e. The van der Waals surface area contributed by atoms with E-state index in [1.807, 2.05) is 29.6 Å². The van der Waals surface area contributed by atoms with Crippen molar-refractivity contribution in [3.8, 4) is 11.5 Å². The van der Waals surface area contributed by atoms with Crippen LogP contribution in [0.4, 0.5) is 0 Å². The van der Waals surface area contributed by atoms with Crippen molar-refractivity contribution in [2.75, 3.05) is 14.2 Å². The Morgan fingerprint density at radius 1 is 1.21 bits per heavy atom. The molecule has 3 heterocycles. The summed E-state index contributed by atoms with van der Waals surface area (Å²) < 4.78 is 18.3. The second kappa shape index (κ2) is 9.36. The lowest BCUT2D eigenvalue weighted by Crippen LogP contribution is -2.39. The number of nitrogens with zero attached hydrogens (tertiary/aromatic N) is 2. The third kappa shape index (κ3) is 4.38. The minimum atomic E-state index is -0.590. The van der Waals surface area contributed by atoms with Gasteiger partial charge in [-0.15, -0.1) is 11.3 Å². The van der Waals surface area contributed by atoms with Crippen LogP contribution < -0.4 is 24.4 Å². The number of allylic oxidation sites excluding steroid dienone is 1. The molecule has 1 atom stereocenters. The van der Waals surface area contributed by atoms with Gasteiger partial charge in [0.15, 0.2) is 4.80 Å². The maximum atomic E-state index is 13.6. The first-order valence-corrected chi connectivity index (χ1v) is 12.0. The number of esters is 1. The molecule has 0 amide bonds. The highest BCUT2D eigenvalue weighted by Crippen LogP contribution is 2.33. The normalized spacial score (nSPS) is 15.9. The first-order valence-electron chi connectivity index (χ1n) is 10.3. The highest BCUT2D eigenvalue weighted by Gasteiger charge is 2.34. The average Bonchev–Trinajstić information content (AvgIpc) is 3.41. The minimum Gasteiger partial charge on any atom is -0.497 e. The van der Waals surface area contributed by atoms with Crippen LogP contribution in [0.2, 0.25) is 0 Å². The number of ether oxygens (including phenoxy) is 3. The summed E-state index contributed by atoms with van der Waals surface area (Å²) in [7, 11) is 3.15. The molecule has 1 aliphatic rings. The predicted molar refractivity (Wildman–Crippen MR) is 129 cm³/mol. The van der Waals surface area contributed by atoms with E-state index in [2.05, 4.69) is 4.99 Å². The van der Waals surface area contributed by atoms with Crippen molar-refractivity contribution in [1.29, 1.82) is 0 Å². The minimum absolute atomic E-state index is 0.225. The van der Waals surface area contributed by atoms with E-state index < -0.39 is 12.0 Å². The molecule has 4 rings (SSSR count). The molecule has 1 aromatic carbocycles. The zero-order valence-corrected chi connectivity index (χ0v) is 20.6. The fourth-order valence-electron chi connectivity index (χ4n) is 3.66. The number of aromatic nitrogens is 1. The van der Waals surface area contributed by atoms with Crippen LogP contribution in [0.25, 0.3) is 6.08 Å². The highest BCUT2D eigenvalue weighted by atomic mass is 32.1. The molecule has 0 aliphatic carbocycles. The number of methoxy groups -OCH3 is 2. The molecule has 2 aromatic heterocycles. The van der Waals surface area contributed by atoms with Crippen LogP contribution in [0, 0.1) is 0 Å². The van der Waals surface area contributed by atoms with Crippen LogP contribution in [-0.2, 0) is 9.53 Å². The van der Waals surface area contributed by atoms with Gasteiger partial charge in [-0.25, -0.2) is 9.79 Å². The zero-order valence-electron chi connectivity index (χ0n) is 18.9. The van der Waals surface area contributed by atoms with E-state index in [9.17, 15) is 9.59 Å². The topological polar surface area (TPSA) is 79.1 Å². The Morgan fingerprint density at radius 2 is 2.00 bits per heavy atom. The summed E-state index contributed by atoms with van der Waals surface area (Å²) in [6.45, 7) is 5.37. The second-order valence-electron chi connectivity index (χ2n) is 7.66. The number of thiazole rings is 1. The van der Waals surface area contributed by atoms with E-state index in [4.69, 9.17) is 14.2 Å². The van der Waals surface area contributed by atoms with E-state index in [0.29, 0.717) is 32.1 Å². The van der Waals surface area contributed by atoms with Gasteiger partial charge in [-0.3, -0.25) is 9.36 Å². The monoisotopic (exact) mass is 484 g/mol. The lowest BCUT2D eigenvalue weighted by molar-refractivity contribution is -0.143. The summed E-state index contributed by atoms with van der Waals surface area (Å²) in [6, 6.07) is 8.64. The van der Waals surface area contributed by atoms with E-state index in [0.717, 1.165) is 10.4 Å². The molecule has 1 aliphatic heterocycles. The number of hydrogen-bond donors (Lipinski definition) is 0. The molecule has 0 bridgehead atoms. The second-order valence-corrected chi connectivity index (χ2v) is 9.65. The quantitative estimate of drug-likeness (QED) is 0.502. The van der Waals surface area contributed by atoms with Crippen molar-refractivity contribution in [3.05, 3.63) is 77.1 Å². The van der Waals surface area contributed by atoms with Crippen molar-refractivity contribution >= 4 is 34.7 Å². The van der Waals surface area contributed by atoms with Gasteiger partial charge in [-0.2, -0.15) is 0 Å². The number of hydrogen-bond acceptors (Lipinski definition) is 8. The van der Waals surface area contributed by atoms with Crippen LogP contribution in [0.15, 0.2) is 56.8 Å². The molecule has 0 saturated carbocycles. The average molecular weight is 485 g/mol. The van der Waals surface area contributed by atoms with Gasteiger partial charge < -0.3 is 14.2 Å². The molecule has 7 nitrogen and oxygen atoms in total. The maximum absolute atomic E-state index is 13.6. The first-order chi connectivity index (χ1) is 15.8. The van der Waals surface area contributed by atoms with Gasteiger partial charge in [0, 0.05) is 16.5 Å². The Bertz CT molecular complexity index is 1400. The van der Waals surface area contributed by atoms with Gasteiger partial charge in [0.25, 0.3) is 5.56 Å². The molecular weight excluding hydrogens is 460 g/mol. The molecule has 9 heteroatoms. The van der Waals surface area contributed by atoms with Crippen LogP contribution in [0.5, 0.6) is 11.5 Å². The molecule has 0 spiro atoms. The van der Waals surface area contributed by atoms with Gasteiger partial charge in [0.1, 0.15) is 17.5 Å². The molecule has 0 unspecified atom stereocenters. The first kappa shape index (κ1) is 23.0. The molecular formula is C24H24N2O5S2. The molecule has 3 aromatic rings. The van der Waals surface area contributed by atoms with Gasteiger partial charge in [0.2, 0.25) is 0 Å². The van der Waals surface area contributed by atoms with Crippen molar-refractivity contribution in [2.45, 2.75) is 32.9 Å². The van der Waals surface area contributed by atoms with Gasteiger partial charge in [-0.05, 0) is 50.4 Å². The number of fused-ring (bicyclic) bond motifs is 1. The Morgan fingerprint density at radius 3 is 2.64 bits per heavy atom. The Hall–Kier alpha value is -3.17. The summed E-state index contributed by atoms with van der Waals surface area (Å²) in [4.78, 5) is 32.6. The van der Waals surface area contributed by atoms with Crippen molar-refractivity contribution < 1.29 is 19.0 Å². The Kier molecular flexibility index (Phi) is 6.53. The summed E-state index contributed by atoms with van der Waals surface area (Å²) >= 11 is 2.76. The zero-order chi connectivity index (χ0) is 23.7. The van der Waals surface area contributed by atoms with Gasteiger partial charge in [-0.1, -0.05) is 17.4 Å². The van der Waals surface area contributed by atoms with E-state index in [1.165, 1.54) is 22.7 Å². The number of benzene rings is 1. The predicted octanol–water partition coefficient (Wildman–Crippen LogP) is 3.27. The van der Waals surface area contributed by atoms with Crippen LogP contribution in [0.1, 0.15) is 37.3 Å². The third-order valence-corrected chi connectivity index (χ3v) is 7.03. The summed E-state index contributed by atoms with van der Waals surface area (Å²) in [5, 5.41) is 1.92. The fourth-order valence-corrected chi connectivity index (χ4v) is 5.52. The highest BCUT2D eigenvalue weighted by molar-refractivity contribution is 7.10. The SMILES string of the molecule is COc1ccc(/C=c2\sc3n(c2=O)[C@@H](c2cccs2)C(C(=O)OC(C)C)=C(C)N=3)c(OC)c1. The molecule has 0 saturated heterocycles. The molecule has 0 N–H and O–H groups in total. The third-order valence-electron chi connectivity index (χ3n) is 5.12. The molecule has 0 fully saturated rings.